The maximum absolute atomic E-state index is 5.19. The van der Waals surface area contributed by atoms with Gasteiger partial charge in [0.15, 0.2) is 11.8 Å². The van der Waals surface area contributed by atoms with Crippen molar-refractivity contribution in [1.29, 1.82) is 0 Å². The van der Waals surface area contributed by atoms with E-state index in [1.54, 1.807) is 14.2 Å². The summed E-state index contributed by atoms with van der Waals surface area (Å²) in [6.45, 7) is 9.44. The highest BCUT2D eigenvalue weighted by molar-refractivity contribution is 14.0. The summed E-state index contributed by atoms with van der Waals surface area (Å²) in [4.78, 5) is 11.4. The molecule has 9 heteroatoms. The van der Waals surface area contributed by atoms with Gasteiger partial charge in [0, 0.05) is 37.8 Å². The van der Waals surface area contributed by atoms with Gasteiger partial charge >= 0.3 is 0 Å². The monoisotopic (exact) mass is 513 g/mol. The number of guanidine groups is 1. The third-order valence-corrected chi connectivity index (χ3v) is 5.22. The summed E-state index contributed by atoms with van der Waals surface area (Å²) in [5.41, 5.74) is 0.944. The molecule has 3 rings (SSSR count). The quantitative estimate of drug-likeness (QED) is 0.313. The molecule has 3 N–H and O–H groups in total. The van der Waals surface area contributed by atoms with E-state index in [0.717, 1.165) is 36.2 Å². The Hall–Kier alpha value is -1.88. The summed E-state index contributed by atoms with van der Waals surface area (Å²) in [6.07, 6.45) is 0. The highest BCUT2D eigenvalue weighted by Gasteiger charge is 2.31. The second kappa shape index (κ2) is 10.8. The zero-order valence-electron chi connectivity index (χ0n) is 17.8. The Morgan fingerprint density at radius 2 is 2.03 bits per heavy atom. The van der Waals surface area contributed by atoms with Crippen molar-refractivity contribution in [2.75, 3.05) is 27.2 Å². The highest BCUT2D eigenvalue weighted by atomic mass is 127. The molecule has 29 heavy (non-hydrogen) atoms. The van der Waals surface area contributed by atoms with Gasteiger partial charge in [-0.05, 0) is 44.0 Å². The Bertz CT molecular complexity index is 790. The zero-order chi connectivity index (χ0) is 20.1. The predicted molar refractivity (Wildman–Crippen MR) is 127 cm³/mol. The number of nitrogens with zero attached hydrogens (tertiary/aromatic N) is 4. The molecule has 0 aliphatic carbocycles. The fourth-order valence-corrected chi connectivity index (χ4v) is 3.40. The maximum Gasteiger partial charge on any atom is 0.191 e. The molecule has 1 fully saturated rings. The van der Waals surface area contributed by atoms with Crippen molar-refractivity contribution in [2.24, 2.45) is 10.9 Å². The van der Waals surface area contributed by atoms with E-state index in [2.05, 4.69) is 56.5 Å². The summed E-state index contributed by atoms with van der Waals surface area (Å²) in [7, 11) is 3.44. The van der Waals surface area contributed by atoms with Crippen LogP contribution in [-0.2, 0) is 6.54 Å². The number of H-pyrrole nitrogens is 1. The van der Waals surface area contributed by atoms with Crippen LogP contribution in [0.5, 0.6) is 5.75 Å². The molecule has 0 bridgehead atoms. The SMILES string of the molecule is CN=C(NCc1nc(-c2ccc(OC)cc2)n[nH]1)NC1CN(C(C)C)CC1C.I. The molecule has 8 nitrogen and oxygen atoms in total. The zero-order valence-corrected chi connectivity index (χ0v) is 20.1. The molecule has 0 amide bonds. The Morgan fingerprint density at radius 3 is 2.62 bits per heavy atom. The molecule has 0 radical (unpaired) electrons. The normalized spacial score (nSPS) is 19.9. The lowest BCUT2D eigenvalue weighted by Crippen LogP contribution is -2.46. The second-order valence-electron chi connectivity index (χ2n) is 7.54. The number of hydrogen-bond acceptors (Lipinski definition) is 5. The van der Waals surface area contributed by atoms with Crippen molar-refractivity contribution in [1.82, 2.24) is 30.7 Å². The van der Waals surface area contributed by atoms with Crippen molar-refractivity contribution in [3.63, 3.8) is 0 Å². The maximum atomic E-state index is 5.19. The molecule has 2 atom stereocenters. The summed E-state index contributed by atoms with van der Waals surface area (Å²) in [6, 6.07) is 8.65. The van der Waals surface area contributed by atoms with Gasteiger partial charge in [-0.25, -0.2) is 4.98 Å². The molecule has 2 unspecified atom stereocenters. The molecular weight excluding hydrogens is 481 g/mol. The first-order chi connectivity index (χ1) is 13.5. The topological polar surface area (TPSA) is 90.5 Å². The number of hydrogen-bond donors (Lipinski definition) is 3. The number of methoxy groups -OCH3 is 1. The first-order valence-electron chi connectivity index (χ1n) is 9.77. The van der Waals surface area contributed by atoms with E-state index in [4.69, 9.17) is 4.74 Å². The predicted octanol–water partition coefficient (Wildman–Crippen LogP) is 2.49. The van der Waals surface area contributed by atoms with Gasteiger partial charge in [-0.15, -0.1) is 24.0 Å². The van der Waals surface area contributed by atoms with Gasteiger partial charge in [0.25, 0.3) is 0 Å². The molecule has 1 aliphatic rings. The molecule has 1 aliphatic heterocycles. The molecular formula is C20H32IN7O. The summed E-state index contributed by atoms with van der Waals surface area (Å²) < 4.78 is 5.19. The first-order valence-corrected chi connectivity index (χ1v) is 9.77. The number of benzene rings is 1. The fourth-order valence-electron chi connectivity index (χ4n) is 3.40. The minimum Gasteiger partial charge on any atom is -0.497 e. The standard InChI is InChI=1S/C20H31N7O.HI/c1-13(2)27-11-14(3)17(12-27)23-20(21-4)22-10-18-24-19(26-25-18)15-6-8-16(28-5)9-7-15;/h6-9,13-14,17H,10-12H2,1-5H3,(H2,21,22,23)(H,24,25,26);1H. The number of ether oxygens (including phenoxy) is 1. The van der Waals surface area contributed by atoms with Crippen LogP contribution >= 0.6 is 24.0 Å². The Kier molecular flexibility index (Phi) is 8.69. The Labute approximate surface area is 189 Å². The van der Waals surface area contributed by atoms with Crippen LogP contribution in [0.15, 0.2) is 29.3 Å². The van der Waals surface area contributed by atoms with E-state index in [9.17, 15) is 0 Å². The van der Waals surface area contributed by atoms with E-state index >= 15 is 0 Å². The lowest BCUT2D eigenvalue weighted by molar-refractivity contribution is 0.265. The van der Waals surface area contributed by atoms with Gasteiger partial charge in [-0.2, -0.15) is 5.10 Å². The van der Waals surface area contributed by atoms with Gasteiger partial charge in [0.1, 0.15) is 11.6 Å². The van der Waals surface area contributed by atoms with Crippen LogP contribution in [0.1, 0.15) is 26.6 Å². The molecule has 1 saturated heterocycles. The third kappa shape index (κ3) is 6.05. The van der Waals surface area contributed by atoms with Crippen LogP contribution in [0.25, 0.3) is 11.4 Å². The second-order valence-corrected chi connectivity index (χ2v) is 7.54. The van der Waals surface area contributed by atoms with E-state index in [1.807, 2.05) is 24.3 Å². The van der Waals surface area contributed by atoms with Crippen molar-refractivity contribution in [3.05, 3.63) is 30.1 Å². The number of rotatable bonds is 6. The lowest BCUT2D eigenvalue weighted by Gasteiger charge is -2.21. The summed E-state index contributed by atoms with van der Waals surface area (Å²) in [5, 5.41) is 14.2. The van der Waals surface area contributed by atoms with E-state index in [-0.39, 0.29) is 24.0 Å². The molecule has 0 saturated carbocycles. The number of aromatic amines is 1. The smallest absolute Gasteiger partial charge is 0.191 e. The van der Waals surface area contributed by atoms with Crippen molar-refractivity contribution in [3.8, 4) is 17.1 Å². The fraction of sp³-hybridized carbons (Fsp3) is 0.550. The minimum absolute atomic E-state index is 0. The molecule has 2 aromatic rings. The molecule has 160 valence electrons. The van der Waals surface area contributed by atoms with Crippen LogP contribution in [0, 0.1) is 5.92 Å². The highest BCUT2D eigenvalue weighted by Crippen LogP contribution is 2.19. The number of nitrogens with one attached hydrogen (secondary N) is 3. The summed E-state index contributed by atoms with van der Waals surface area (Å²) in [5.74, 6) is 3.60. The number of likely N-dealkylation sites (tertiary alicyclic amines) is 1. The Balaban J connectivity index is 0.00000300. The summed E-state index contributed by atoms with van der Waals surface area (Å²) >= 11 is 0. The van der Waals surface area contributed by atoms with Crippen molar-refractivity contribution in [2.45, 2.75) is 39.4 Å². The van der Waals surface area contributed by atoms with Crippen LogP contribution in [0.3, 0.4) is 0 Å². The largest absolute Gasteiger partial charge is 0.497 e. The molecule has 2 heterocycles. The van der Waals surface area contributed by atoms with Gasteiger partial charge in [0.2, 0.25) is 0 Å². The van der Waals surface area contributed by atoms with Crippen LogP contribution in [0.2, 0.25) is 0 Å². The van der Waals surface area contributed by atoms with Crippen LogP contribution in [-0.4, -0.2) is 65.4 Å². The van der Waals surface area contributed by atoms with Gasteiger partial charge in [-0.3, -0.25) is 15.0 Å². The van der Waals surface area contributed by atoms with E-state index in [1.165, 1.54) is 0 Å². The Morgan fingerprint density at radius 1 is 1.31 bits per heavy atom. The van der Waals surface area contributed by atoms with Gasteiger partial charge in [-0.1, -0.05) is 6.92 Å². The average molecular weight is 513 g/mol. The van der Waals surface area contributed by atoms with Crippen molar-refractivity contribution < 1.29 is 4.74 Å². The number of aliphatic imine (C=N–C) groups is 1. The third-order valence-electron chi connectivity index (χ3n) is 5.22. The average Bonchev–Trinajstić information content (AvgIpc) is 3.32. The van der Waals surface area contributed by atoms with E-state index in [0.29, 0.717) is 30.4 Å². The van der Waals surface area contributed by atoms with Gasteiger partial charge in [0.05, 0.1) is 13.7 Å². The number of halogens is 1. The van der Waals surface area contributed by atoms with Crippen LogP contribution in [0.4, 0.5) is 0 Å². The molecule has 1 aromatic carbocycles. The lowest BCUT2D eigenvalue weighted by atomic mass is 10.1. The van der Waals surface area contributed by atoms with Crippen molar-refractivity contribution >= 4 is 29.9 Å². The van der Waals surface area contributed by atoms with Gasteiger partial charge < -0.3 is 15.4 Å². The minimum atomic E-state index is 0. The van der Waals surface area contributed by atoms with Crippen LogP contribution < -0.4 is 15.4 Å². The molecule has 0 spiro atoms. The number of aromatic nitrogens is 3. The first kappa shape index (κ1) is 23.4. The molecule has 1 aromatic heterocycles. The van der Waals surface area contributed by atoms with E-state index < -0.39 is 0 Å².